The lowest BCUT2D eigenvalue weighted by molar-refractivity contribution is 0.222. The fourth-order valence-electron chi connectivity index (χ4n) is 2.68. The summed E-state index contributed by atoms with van der Waals surface area (Å²) in [4.78, 5) is 2.51. The number of benzene rings is 2. The number of ether oxygens (including phenoxy) is 1. The van der Waals surface area contributed by atoms with Crippen LogP contribution in [0.4, 0.5) is 5.69 Å². The Labute approximate surface area is 162 Å². The molecule has 0 fully saturated rings. The van der Waals surface area contributed by atoms with E-state index in [1.165, 1.54) is 12.1 Å². The summed E-state index contributed by atoms with van der Waals surface area (Å²) in [6.45, 7) is 8.12. The van der Waals surface area contributed by atoms with Crippen molar-refractivity contribution in [3.8, 4) is 5.75 Å². The van der Waals surface area contributed by atoms with Crippen LogP contribution in [0.2, 0.25) is 0 Å². The van der Waals surface area contributed by atoms with Crippen LogP contribution in [0.3, 0.4) is 0 Å². The van der Waals surface area contributed by atoms with E-state index in [1.807, 2.05) is 24.3 Å². The molecule has 0 atom stereocenters. The van der Waals surface area contributed by atoms with Crippen molar-refractivity contribution in [2.75, 3.05) is 38.5 Å². The van der Waals surface area contributed by atoms with Crippen LogP contribution in [0, 0.1) is 0 Å². The molecule has 2 rings (SSSR count). The van der Waals surface area contributed by atoms with Crippen molar-refractivity contribution in [1.29, 1.82) is 0 Å². The molecule has 0 heterocycles. The first-order valence-electron chi connectivity index (χ1n) is 9.24. The molecule has 0 aliphatic rings. The van der Waals surface area contributed by atoms with Crippen LogP contribution < -0.4 is 15.2 Å². The van der Waals surface area contributed by atoms with Crippen molar-refractivity contribution < 1.29 is 13.2 Å². The number of nitrogen functional groups attached to an aromatic ring is 1. The van der Waals surface area contributed by atoms with E-state index in [2.05, 4.69) is 23.5 Å². The number of likely N-dealkylation sites (N-methyl/N-ethyl adjacent to an activating group) is 1. The van der Waals surface area contributed by atoms with Crippen LogP contribution in [0.1, 0.15) is 19.4 Å². The van der Waals surface area contributed by atoms with Gasteiger partial charge in [-0.15, -0.1) is 0 Å². The number of nitrogens with one attached hydrogen (secondary N) is 1. The maximum Gasteiger partial charge on any atom is 0.240 e. The third-order valence-electron chi connectivity index (χ3n) is 4.37. The Morgan fingerprint density at radius 2 is 1.78 bits per heavy atom. The van der Waals surface area contributed by atoms with Gasteiger partial charge in [-0.3, -0.25) is 0 Å². The predicted molar refractivity (Wildman–Crippen MR) is 109 cm³/mol. The van der Waals surface area contributed by atoms with Gasteiger partial charge in [-0.2, -0.15) is 0 Å². The van der Waals surface area contributed by atoms with E-state index < -0.39 is 10.0 Å². The fraction of sp³-hybridized carbons (Fsp3) is 0.400. The minimum atomic E-state index is -3.53. The summed E-state index contributed by atoms with van der Waals surface area (Å²) in [7, 11) is -3.53. The zero-order chi connectivity index (χ0) is 19.7. The Morgan fingerprint density at radius 1 is 1.07 bits per heavy atom. The summed E-state index contributed by atoms with van der Waals surface area (Å²) in [5.74, 6) is 0.807. The minimum Gasteiger partial charge on any atom is -0.492 e. The molecule has 0 aromatic heterocycles. The van der Waals surface area contributed by atoms with Gasteiger partial charge in [-0.1, -0.05) is 26.0 Å². The van der Waals surface area contributed by atoms with Gasteiger partial charge < -0.3 is 15.4 Å². The third kappa shape index (κ3) is 6.86. The van der Waals surface area contributed by atoms with Crippen LogP contribution in [-0.4, -0.2) is 46.1 Å². The zero-order valence-electron chi connectivity index (χ0n) is 16.0. The van der Waals surface area contributed by atoms with Gasteiger partial charge in [-0.25, -0.2) is 13.1 Å². The molecule has 0 saturated carbocycles. The fourth-order valence-corrected chi connectivity index (χ4v) is 3.72. The second-order valence-electron chi connectivity index (χ2n) is 6.24. The van der Waals surface area contributed by atoms with Crippen molar-refractivity contribution in [3.63, 3.8) is 0 Å². The summed E-state index contributed by atoms with van der Waals surface area (Å²) in [5, 5.41) is 0. The van der Waals surface area contributed by atoms with Gasteiger partial charge in [0.2, 0.25) is 10.0 Å². The van der Waals surface area contributed by atoms with E-state index in [-0.39, 0.29) is 4.90 Å². The molecule has 0 spiro atoms. The Bertz CT molecular complexity index is 803. The molecular weight excluding hydrogens is 362 g/mol. The molecule has 2 aromatic rings. The highest BCUT2D eigenvalue weighted by Gasteiger charge is 2.12. The highest BCUT2D eigenvalue weighted by Crippen LogP contribution is 2.15. The first-order valence-corrected chi connectivity index (χ1v) is 10.7. The van der Waals surface area contributed by atoms with E-state index in [4.69, 9.17) is 10.5 Å². The van der Waals surface area contributed by atoms with Gasteiger partial charge in [0.25, 0.3) is 0 Å². The average molecular weight is 392 g/mol. The first kappa shape index (κ1) is 21.2. The number of nitrogens with zero attached hydrogens (tertiary/aromatic N) is 1. The van der Waals surface area contributed by atoms with E-state index in [1.54, 1.807) is 12.1 Å². The molecule has 2 aromatic carbocycles. The quantitative estimate of drug-likeness (QED) is 0.575. The van der Waals surface area contributed by atoms with E-state index in [9.17, 15) is 8.42 Å². The maximum absolute atomic E-state index is 12.3. The van der Waals surface area contributed by atoms with E-state index in [0.717, 1.165) is 30.9 Å². The molecule has 148 valence electrons. The second kappa shape index (κ2) is 10.3. The van der Waals surface area contributed by atoms with Gasteiger partial charge in [0.1, 0.15) is 12.4 Å². The monoisotopic (exact) mass is 391 g/mol. The van der Waals surface area contributed by atoms with Crippen LogP contribution >= 0.6 is 0 Å². The number of hydrogen-bond donors (Lipinski definition) is 2. The summed E-state index contributed by atoms with van der Waals surface area (Å²) < 4.78 is 33.0. The highest BCUT2D eigenvalue weighted by atomic mass is 32.2. The van der Waals surface area contributed by atoms with Gasteiger partial charge in [0.15, 0.2) is 0 Å². The Morgan fingerprint density at radius 3 is 2.44 bits per heavy atom. The third-order valence-corrected chi connectivity index (χ3v) is 5.84. The molecule has 0 radical (unpaired) electrons. The Balaban J connectivity index is 1.84. The second-order valence-corrected chi connectivity index (χ2v) is 8.01. The lowest BCUT2D eigenvalue weighted by atomic mass is 10.1. The van der Waals surface area contributed by atoms with Gasteiger partial charge in [0.05, 0.1) is 4.90 Å². The van der Waals surface area contributed by atoms with Crippen LogP contribution in [0.5, 0.6) is 5.75 Å². The number of nitrogens with two attached hydrogens (primary N) is 1. The summed E-state index contributed by atoms with van der Waals surface area (Å²) in [6.07, 6.45) is 0.585. The van der Waals surface area contributed by atoms with Crippen LogP contribution in [0.25, 0.3) is 0 Å². The summed E-state index contributed by atoms with van der Waals surface area (Å²) >= 11 is 0. The van der Waals surface area contributed by atoms with Crippen LogP contribution in [-0.2, 0) is 16.4 Å². The molecule has 0 aliphatic heterocycles. The Hall–Kier alpha value is -2.09. The van der Waals surface area contributed by atoms with Crippen molar-refractivity contribution in [3.05, 3.63) is 54.1 Å². The average Bonchev–Trinajstić information content (AvgIpc) is 2.66. The van der Waals surface area contributed by atoms with Gasteiger partial charge in [-0.05, 0) is 61.5 Å². The topological polar surface area (TPSA) is 84.7 Å². The maximum atomic E-state index is 12.3. The molecule has 0 bridgehead atoms. The first-order chi connectivity index (χ1) is 12.9. The van der Waals surface area contributed by atoms with Gasteiger partial charge in [0, 0.05) is 18.8 Å². The van der Waals surface area contributed by atoms with Crippen molar-refractivity contribution in [2.45, 2.75) is 25.2 Å². The Kier molecular flexibility index (Phi) is 8.09. The largest absolute Gasteiger partial charge is 0.492 e. The van der Waals surface area contributed by atoms with Crippen molar-refractivity contribution in [1.82, 2.24) is 9.62 Å². The highest BCUT2D eigenvalue weighted by molar-refractivity contribution is 7.89. The van der Waals surface area contributed by atoms with Crippen molar-refractivity contribution >= 4 is 15.7 Å². The lowest BCUT2D eigenvalue weighted by Crippen LogP contribution is -2.28. The molecule has 27 heavy (non-hydrogen) atoms. The molecule has 3 N–H and O–H groups in total. The molecule has 0 saturated heterocycles. The van der Waals surface area contributed by atoms with E-state index in [0.29, 0.717) is 25.3 Å². The normalized spacial score (nSPS) is 11.7. The smallest absolute Gasteiger partial charge is 0.240 e. The molecule has 7 heteroatoms. The van der Waals surface area contributed by atoms with E-state index >= 15 is 0 Å². The molecule has 0 aliphatic carbocycles. The van der Waals surface area contributed by atoms with Crippen molar-refractivity contribution in [2.24, 2.45) is 0 Å². The lowest BCUT2D eigenvalue weighted by Gasteiger charge is -2.18. The predicted octanol–water partition coefficient (Wildman–Crippen LogP) is 2.51. The number of rotatable bonds is 11. The molecule has 0 amide bonds. The SMILES string of the molecule is CCN(CC)CCOc1cccc(CCNS(=O)(=O)c2ccc(N)cc2)c1. The summed E-state index contributed by atoms with van der Waals surface area (Å²) in [5.41, 5.74) is 7.15. The number of sulfonamides is 1. The molecule has 6 nitrogen and oxygen atoms in total. The van der Waals surface area contributed by atoms with Gasteiger partial charge >= 0.3 is 0 Å². The molecule has 0 unspecified atom stereocenters. The standard InChI is InChI=1S/C20H29N3O3S/c1-3-23(4-2)14-15-26-19-7-5-6-17(16-19)12-13-22-27(24,25)20-10-8-18(21)9-11-20/h5-11,16,22H,3-4,12-15,21H2,1-2H3. The number of hydrogen-bond acceptors (Lipinski definition) is 5. The van der Waals surface area contributed by atoms with Crippen LogP contribution in [0.15, 0.2) is 53.4 Å². The summed E-state index contributed by atoms with van der Waals surface area (Å²) in [6, 6.07) is 13.9. The molecular formula is C20H29N3O3S. The zero-order valence-corrected chi connectivity index (χ0v) is 16.8. The number of anilines is 1. The minimum absolute atomic E-state index is 0.213.